The Morgan fingerprint density at radius 2 is 2.08 bits per heavy atom. The van der Waals surface area contributed by atoms with Crippen LogP contribution in [0.4, 0.5) is 0 Å². The number of nitrogens with one attached hydrogen (secondary N) is 1. The summed E-state index contributed by atoms with van der Waals surface area (Å²) in [6.45, 7) is 4.39. The van der Waals surface area contributed by atoms with Gasteiger partial charge in [-0.25, -0.2) is 0 Å². The normalized spacial score (nSPS) is 21.8. The SMILES string of the molecule is COC(C)(CNC(=O)[C@H]1C[C@@H]1c1ccccc1)c1ccnc(C)c1. The molecule has 1 amide bonds. The molecule has 4 nitrogen and oxygen atoms in total. The van der Waals surface area contributed by atoms with E-state index in [0.717, 1.165) is 17.7 Å². The van der Waals surface area contributed by atoms with Gasteiger partial charge in [0.25, 0.3) is 0 Å². The zero-order chi connectivity index (χ0) is 17.2. The van der Waals surface area contributed by atoms with Crippen LogP contribution in [0.2, 0.25) is 0 Å². The summed E-state index contributed by atoms with van der Waals surface area (Å²) in [5.74, 6) is 0.536. The highest BCUT2D eigenvalue weighted by Crippen LogP contribution is 2.47. The van der Waals surface area contributed by atoms with E-state index in [0.29, 0.717) is 12.5 Å². The Kier molecular flexibility index (Phi) is 4.67. The lowest BCUT2D eigenvalue weighted by atomic mass is 9.95. The minimum Gasteiger partial charge on any atom is -0.372 e. The number of carbonyl (C=O) groups is 1. The molecule has 1 fully saturated rings. The van der Waals surface area contributed by atoms with Crippen molar-refractivity contribution in [2.24, 2.45) is 5.92 Å². The van der Waals surface area contributed by atoms with Gasteiger partial charge in [-0.1, -0.05) is 30.3 Å². The molecule has 1 aliphatic rings. The quantitative estimate of drug-likeness (QED) is 0.888. The molecule has 24 heavy (non-hydrogen) atoms. The van der Waals surface area contributed by atoms with Gasteiger partial charge in [0.15, 0.2) is 0 Å². The maximum atomic E-state index is 12.5. The average Bonchev–Trinajstić information content (AvgIpc) is 3.41. The maximum absolute atomic E-state index is 12.5. The number of nitrogens with zero attached hydrogens (tertiary/aromatic N) is 1. The lowest BCUT2D eigenvalue weighted by Gasteiger charge is -2.29. The van der Waals surface area contributed by atoms with Gasteiger partial charge in [0.05, 0.1) is 6.54 Å². The van der Waals surface area contributed by atoms with E-state index in [1.807, 2.05) is 44.2 Å². The van der Waals surface area contributed by atoms with Crippen molar-refractivity contribution in [1.82, 2.24) is 10.3 Å². The third-order valence-electron chi connectivity index (χ3n) is 4.91. The summed E-state index contributed by atoms with van der Waals surface area (Å²) < 4.78 is 5.70. The van der Waals surface area contributed by atoms with Crippen LogP contribution in [0.5, 0.6) is 0 Å². The zero-order valence-electron chi connectivity index (χ0n) is 14.5. The Morgan fingerprint density at radius 1 is 1.33 bits per heavy atom. The fraction of sp³-hybridized carbons (Fsp3) is 0.400. The molecule has 0 bridgehead atoms. The molecular formula is C20H24N2O2. The van der Waals surface area contributed by atoms with Crippen molar-refractivity contribution in [3.05, 3.63) is 65.5 Å². The van der Waals surface area contributed by atoms with E-state index in [2.05, 4.69) is 22.4 Å². The molecule has 3 atom stereocenters. The van der Waals surface area contributed by atoms with Crippen LogP contribution < -0.4 is 5.32 Å². The molecule has 1 saturated carbocycles. The number of hydrogen-bond donors (Lipinski definition) is 1. The largest absolute Gasteiger partial charge is 0.372 e. The fourth-order valence-corrected chi connectivity index (χ4v) is 3.11. The van der Waals surface area contributed by atoms with Gasteiger partial charge in [0, 0.05) is 24.9 Å². The van der Waals surface area contributed by atoms with E-state index >= 15 is 0 Å². The molecule has 3 rings (SSSR count). The second kappa shape index (κ2) is 6.73. The monoisotopic (exact) mass is 324 g/mol. The fourth-order valence-electron chi connectivity index (χ4n) is 3.11. The van der Waals surface area contributed by atoms with Crippen molar-refractivity contribution < 1.29 is 9.53 Å². The number of amides is 1. The number of pyridine rings is 1. The summed E-state index contributed by atoms with van der Waals surface area (Å²) in [4.78, 5) is 16.7. The van der Waals surface area contributed by atoms with Gasteiger partial charge in [0.2, 0.25) is 5.91 Å². The summed E-state index contributed by atoms with van der Waals surface area (Å²) in [6, 6.07) is 14.2. The van der Waals surface area contributed by atoms with E-state index in [9.17, 15) is 4.79 Å². The molecule has 4 heteroatoms. The first-order valence-electron chi connectivity index (χ1n) is 8.34. The lowest BCUT2D eigenvalue weighted by molar-refractivity contribution is -0.124. The molecule has 126 valence electrons. The molecule has 0 spiro atoms. The Morgan fingerprint density at radius 3 is 2.75 bits per heavy atom. The number of methoxy groups -OCH3 is 1. The topological polar surface area (TPSA) is 51.2 Å². The molecule has 1 aromatic heterocycles. The molecular weight excluding hydrogens is 300 g/mol. The second-order valence-corrected chi connectivity index (χ2v) is 6.70. The summed E-state index contributed by atoms with van der Waals surface area (Å²) in [5.41, 5.74) is 2.65. The molecule has 1 unspecified atom stereocenters. The van der Waals surface area contributed by atoms with Crippen molar-refractivity contribution in [2.45, 2.75) is 31.8 Å². The van der Waals surface area contributed by atoms with Gasteiger partial charge in [-0.2, -0.15) is 0 Å². The molecule has 0 aliphatic heterocycles. The Bertz CT molecular complexity index is 717. The van der Waals surface area contributed by atoms with Crippen LogP contribution in [0.1, 0.15) is 36.1 Å². The van der Waals surface area contributed by atoms with Crippen molar-refractivity contribution in [1.29, 1.82) is 0 Å². The van der Waals surface area contributed by atoms with Gasteiger partial charge in [-0.3, -0.25) is 9.78 Å². The number of benzene rings is 1. The number of ether oxygens (including phenoxy) is 1. The minimum absolute atomic E-state index is 0.0766. The molecule has 2 aromatic rings. The third kappa shape index (κ3) is 3.49. The van der Waals surface area contributed by atoms with Crippen LogP contribution in [-0.2, 0) is 15.1 Å². The van der Waals surface area contributed by atoms with E-state index in [4.69, 9.17) is 4.74 Å². The van der Waals surface area contributed by atoms with Crippen LogP contribution in [0, 0.1) is 12.8 Å². The molecule has 1 heterocycles. The van der Waals surface area contributed by atoms with E-state index in [-0.39, 0.29) is 11.8 Å². The zero-order valence-corrected chi connectivity index (χ0v) is 14.5. The number of carbonyl (C=O) groups excluding carboxylic acids is 1. The minimum atomic E-state index is -0.555. The predicted molar refractivity (Wildman–Crippen MR) is 93.6 cm³/mol. The first-order chi connectivity index (χ1) is 11.5. The average molecular weight is 324 g/mol. The molecule has 1 aliphatic carbocycles. The molecule has 0 saturated heterocycles. The van der Waals surface area contributed by atoms with Gasteiger partial charge in [0.1, 0.15) is 5.60 Å². The number of aryl methyl sites for hydroxylation is 1. The summed E-state index contributed by atoms with van der Waals surface area (Å²) in [5, 5.41) is 3.07. The Labute approximate surface area is 143 Å². The van der Waals surface area contributed by atoms with Gasteiger partial charge < -0.3 is 10.1 Å². The van der Waals surface area contributed by atoms with Crippen LogP contribution >= 0.6 is 0 Å². The molecule has 0 radical (unpaired) electrons. The number of hydrogen-bond acceptors (Lipinski definition) is 3. The summed E-state index contributed by atoms with van der Waals surface area (Å²) in [7, 11) is 1.67. The van der Waals surface area contributed by atoms with E-state index in [1.165, 1.54) is 5.56 Å². The highest BCUT2D eigenvalue weighted by atomic mass is 16.5. The molecule has 1 N–H and O–H groups in total. The van der Waals surface area contributed by atoms with Crippen LogP contribution in [0.15, 0.2) is 48.7 Å². The lowest BCUT2D eigenvalue weighted by Crippen LogP contribution is -2.40. The second-order valence-electron chi connectivity index (χ2n) is 6.70. The van der Waals surface area contributed by atoms with Crippen molar-refractivity contribution >= 4 is 5.91 Å². The molecule has 1 aromatic carbocycles. The van der Waals surface area contributed by atoms with Crippen molar-refractivity contribution in [3.63, 3.8) is 0 Å². The van der Waals surface area contributed by atoms with Gasteiger partial charge in [-0.05, 0) is 49.4 Å². The van der Waals surface area contributed by atoms with Crippen LogP contribution in [0.25, 0.3) is 0 Å². The van der Waals surface area contributed by atoms with Crippen molar-refractivity contribution in [3.8, 4) is 0 Å². The standard InChI is InChI=1S/C20H24N2O2/c1-14-11-16(9-10-21-14)20(2,24-3)13-22-19(23)18-12-17(18)15-7-5-4-6-8-15/h4-11,17-18H,12-13H2,1-3H3,(H,22,23)/t17-,18+,20?/m1/s1. The van der Waals surface area contributed by atoms with Gasteiger partial charge >= 0.3 is 0 Å². The first-order valence-corrected chi connectivity index (χ1v) is 8.34. The van der Waals surface area contributed by atoms with Crippen molar-refractivity contribution in [2.75, 3.05) is 13.7 Å². The first kappa shape index (κ1) is 16.7. The predicted octanol–water partition coefficient (Wildman–Crippen LogP) is 3.17. The maximum Gasteiger partial charge on any atom is 0.223 e. The summed E-state index contributed by atoms with van der Waals surface area (Å²) in [6.07, 6.45) is 2.70. The summed E-state index contributed by atoms with van der Waals surface area (Å²) >= 11 is 0. The van der Waals surface area contributed by atoms with Gasteiger partial charge in [-0.15, -0.1) is 0 Å². The van der Waals surface area contributed by atoms with E-state index < -0.39 is 5.60 Å². The Balaban J connectivity index is 1.61. The number of rotatable bonds is 6. The highest BCUT2D eigenvalue weighted by molar-refractivity contribution is 5.83. The van der Waals surface area contributed by atoms with Crippen LogP contribution in [0.3, 0.4) is 0 Å². The highest BCUT2D eigenvalue weighted by Gasteiger charge is 2.44. The van der Waals surface area contributed by atoms with Crippen LogP contribution in [-0.4, -0.2) is 24.5 Å². The van der Waals surface area contributed by atoms with E-state index in [1.54, 1.807) is 13.3 Å². The smallest absolute Gasteiger partial charge is 0.223 e. The number of aromatic nitrogens is 1. The Hall–Kier alpha value is -2.20. The third-order valence-corrected chi connectivity index (χ3v) is 4.91.